The van der Waals surface area contributed by atoms with Gasteiger partial charge in [0.05, 0.1) is 0 Å². The number of rotatable bonds is 3. The Morgan fingerprint density at radius 2 is 1.92 bits per heavy atom. The van der Waals surface area contributed by atoms with Gasteiger partial charge in [0.2, 0.25) is 0 Å². The summed E-state index contributed by atoms with van der Waals surface area (Å²) in [5.41, 5.74) is 0. The summed E-state index contributed by atoms with van der Waals surface area (Å²) in [4.78, 5) is 10.6. The summed E-state index contributed by atoms with van der Waals surface area (Å²) in [6.07, 6.45) is 9.68. The largest absolute Gasteiger partial charge is 0.335 e. The summed E-state index contributed by atoms with van der Waals surface area (Å²) in [5.74, 6) is 1.04. The minimum atomic E-state index is 0. The molecule has 1 rings (SSSR count). The van der Waals surface area contributed by atoms with Crippen molar-refractivity contribution < 1.29 is 37.5 Å². The van der Waals surface area contributed by atoms with Gasteiger partial charge in [-0.25, -0.2) is 0 Å². The van der Waals surface area contributed by atoms with E-state index in [2.05, 4.69) is 0 Å². The molecular formula is C10H17OY-. The van der Waals surface area contributed by atoms with E-state index in [0.717, 1.165) is 12.3 Å². The van der Waals surface area contributed by atoms with Gasteiger partial charge in [-0.05, 0) is 12.7 Å². The van der Waals surface area contributed by atoms with Gasteiger partial charge in [0.25, 0.3) is 0 Å². The Morgan fingerprint density at radius 1 is 1.33 bits per heavy atom. The molecule has 1 saturated carbocycles. The molecule has 0 amide bonds. The molecule has 0 aromatic heterocycles. The van der Waals surface area contributed by atoms with Crippen molar-refractivity contribution in [2.75, 3.05) is 0 Å². The van der Waals surface area contributed by atoms with Crippen molar-refractivity contribution in [2.45, 2.75) is 45.4 Å². The molecule has 0 heterocycles. The van der Waals surface area contributed by atoms with Crippen LogP contribution in [0, 0.1) is 12.3 Å². The second-order valence-electron chi connectivity index (χ2n) is 3.55. The molecule has 0 saturated heterocycles. The topological polar surface area (TPSA) is 17.1 Å². The monoisotopic (exact) mass is 242 g/mol. The number of hydrogen-bond acceptors (Lipinski definition) is 1. The van der Waals surface area contributed by atoms with Crippen LogP contribution in [0.1, 0.15) is 45.4 Å². The number of carbonyl (C=O) groups excluding carboxylic acids is 1. The number of hydrogen-bond donors (Lipinski definition) is 0. The van der Waals surface area contributed by atoms with Gasteiger partial charge in [-0.15, -0.1) is 0 Å². The molecular weight excluding hydrogens is 225 g/mol. The average Bonchev–Trinajstić information content (AvgIpc) is 2.03. The minimum Gasteiger partial charge on any atom is -0.335 e. The Morgan fingerprint density at radius 3 is 2.42 bits per heavy atom. The van der Waals surface area contributed by atoms with E-state index in [-0.39, 0.29) is 38.5 Å². The molecule has 67 valence electrons. The molecule has 0 N–H and O–H groups in total. The molecule has 1 aliphatic rings. The molecule has 0 aromatic carbocycles. The molecule has 0 unspecified atom stereocenters. The SMILES string of the molecule is CC(=O)[CH-]CC1CCCCC1.[Y]. The standard InChI is InChI=1S/C10H17O.Y/c1-9(11)7-8-10-5-3-2-4-6-10;/h7,10H,2-6,8H2,1H3;/q-1;. The summed E-state index contributed by atoms with van der Waals surface area (Å²) in [6, 6.07) is 0. The Labute approximate surface area is 101 Å². The van der Waals surface area contributed by atoms with Gasteiger partial charge in [-0.2, -0.15) is 6.42 Å². The molecule has 0 aromatic rings. The smallest absolute Gasteiger partial charge is 0 e. The molecule has 1 fully saturated rings. The van der Waals surface area contributed by atoms with E-state index in [1.807, 2.05) is 6.42 Å². The molecule has 12 heavy (non-hydrogen) atoms. The quantitative estimate of drug-likeness (QED) is 0.695. The fourth-order valence-electron chi connectivity index (χ4n) is 1.76. The van der Waals surface area contributed by atoms with Crippen LogP contribution in [0.5, 0.6) is 0 Å². The minimum absolute atomic E-state index is 0. The first kappa shape index (κ1) is 12.6. The second kappa shape index (κ2) is 7.09. The maximum absolute atomic E-state index is 10.6. The molecule has 0 aliphatic heterocycles. The van der Waals surface area contributed by atoms with Crippen LogP contribution in [0.2, 0.25) is 0 Å². The Bertz CT molecular complexity index is 128. The third kappa shape index (κ3) is 5.32. The van der Waals surface area contributed by atoms with Crippen LogP contribution in [0.25, 0.3) is 0 Å². The van der Waals surface area contributed by atoms with Crippen molar-refractivity contribution >= 4 is 5.78 Å². The first-order valence-electron chi connectivity index (χ1n) is 4.63. The van der Waals surface area contributed by atoms with Gasteiger partial charge < -0.3 is 11.2 Å². The zero-order valence-corrected chi connectivity index (χ0v) is 10.7. The number of ketones is 1. The Balaban J connectivity index is 0.00000121. The van der Waals surface area contributed by atoms with Crippen LogP contribution in [-0.4, -0.2) is 5.78 Å². The van der Waals surface area contributed by atoms with Crippen LogP contribution in [-0.2, 0) is 37.5 Å². The summed E-state index contributed by atoms with van der Waals surface area (Å²) >= 11 is 0. The van der Waals surface area contributed by atoms with E-state index in [0.29, 0.717) is 0 Å². The van der Waals surface area contributed by atoms with Crippen molar-refractivity contribution in [1.82, 2.24) is 0 Å². The van der Waals surface area contributed by atoms with Gasteiger partial charge in [0.15, 0.2) is 0 Å². The average molecular weight is 242 g/mol. The second-order valence-corrected chi connectivity index (χ2v) is 3.55. The molecule has 2 heteroatoms. The van der Waals surface area contributed by atoms with Gasteiger partial charge in [0, 0.05) is 32.7 Å². The van der Waals surface area contributed by atoms with E-state index >= 15 is 0 Å². The fourth-order valence-corrected chi connectivity index (χ4v) is 1.76. The number of Topliss-reactive ketones (excluding diaryl/α,β-unsaturated/α-hetero) is 1. The van der Waals surface area contributed by atoms with Crippen molar-refractivity contribution in [1.29, 1.82) is 0 Å². The predicted octanol–water partition coefficient (Wildman–Crippen LogP) is 2.75. The Hall–Kier alpha value is 0.644. The maximum atomic E-state index is 10.6. The third-order valence-corrected chi connectivity index (χ3v) is 2.46. The summed E-state index contributed by atoms with van der Waals surface area (Å²) < 4.78 is 0. The first-order chi connectivity index (χ1) is 5.29. The van der Waals surface area contributed by atoms with Gasteiger partial charge in [-0.1, -0.05) is 38.0 Å². The molecule has 1 aliphatic carbocycles. The predicted molar refractivity (Wildman–Crippen MR) is 46.2 cm³/mol. The summed E-state index contributed by atoms with van der Waals surface area (Å²) in [5, 5.41) is 0. The zero-order chi connectivity index (χ0) is 8.10. The molecule has 1 radical (unpaired) electrons. The van der Waals surface area contributed by atoms with E-state index in [4.69, 9.17) is 0 Å². The van der Waals surface area contributed by atoms with Crippen molar-refractivity contribution in [3.8, 4) is 0 Å². The summed E-state index contributed by atoms with van der Waals surface area (Å²) in [7, 11) is 0. The van der Waals surface area contributed by atoms with Crippen molar-refractivity contribution in [2.24, 2.45) is 5.92 Å². The molecule has 0 atom stereocenters. The fraction of sp³-hybridized carbons (Fsp3) is 0.800. The Kier molecular flexibility index (Phi) is 7.47. The zero-order valence-electron chi connectivity index (χ0n) is 7.88. The van der Waals surface area contributed by atoms with Crippen molar-refractivity contribution in [3.05, 3.63) is 6.42 Å². The van der Waals surface area contributed by atoms with Crippen LogP contribution >= 0.6 is 0 Å². The van der Waals surface area contributed by atoms with Crippen LogP contribution < -0.4 is 0 Å². The number of carbonyl (C=O) groups is 1. The van der Waals surface area contributed by atoms with E-state index < -0.39 is 0 Å². The van der Waals surface area contributed by atoms with Gasteiger partial charge in [-0.3, -0.25) is 0 Å². The maximum Gasteiger partial charge on any atom is 0 e. The third-order valence-electron chi connectivity index (χ3n) is 2.46. The van der Waals surface area contributed by atoms with Crippen molar-refractivity contribution in [3.63, 3.8) is 0 Å². The molecule has 0 spiro atoms. The van der Waals surface area contributed by atoms with E-state index in [1.165, 1.54) is 32.1 Å². The molecule has 1 nitrogen and oxygen atoms in total. The van der Waals surface area contributed by atoms with Gasteiger partial charge >= 0.3 is 0 Å². The summed E-state index contributed by atoms with van der Waals surface area (Å²) in [6.45, 7) is 1.64. The van der Waals surface area contributed by atoms with Gasteiger partial charge in [0.1, 0.15) is 0 Å². The van der Waals surface area contributed by atoms with Crippen LogP contribution in [0.4, 0.5) is 0 Å². The van der Waals surface area contributed by atoms with E-state index in [1.54, 1.807) is 6.92 Å². The first-order valence-corrected chi connectivity index (χ1v) is 4.63. The van der Waals surface area contributed by atoms with E-state index in [9.17, 15) is 4.79 Å². The normalized spacial score (nSPS) is 18.1. The molecule has 0 bridgehead atoms. The van der Waals surface area contributed by atoms with Crippen LogP contribution in [0.3, 0.4) is 0 Å². The van der Waals surface area contributed by atoms with Crippen LogP contribution in [0.15, 0.2) is 0 Å².